The van der Waals surface area contributed by atoms with Gasteiger partial charge < -0.3 is 14.4 Å². The number of carbonyl (C=O) groups excluding carboxylic acids is 2. The van der Waals surface area contributed by atoms with E-state index in [1.54, 1.807) is 11.0 Å². The van der Waals surface area contributed by atoms with Gasteiger partial charge in [0.15, 0.2) is 6.10 Å². The van der Waals surface area contributed by atoms with Crippen LogP contribution in [-0.2, 0) is 14.3 Å². The molecule has 0 aliphatic carbocycles. The van der Waals surface area contributed by atoms with Crippen LogP contribution in [0.15, 0.2) is 14.3 Å². The van der Waals surface area contributed by atoms with Gasteiger partial charge in [-0.25, -0.2) is 4.79 Å². The Labute approximate surface area is 131 Å². The van der Waals surface area contributed by atoms with E-state index in [1.807, 2.05) is 0 Å². The lowest BCUT2D eigenvalue weighted by Crippen LogP contribution is -2.48. The van der Waals surface area contributed by atoms with E-state index in [2.05, 4.69) is 36.6 Å². The van der Waals surface area contributed by atoms with Gasteiger partial charge in [0.25, 0.3) is 5.91 Å². The molecule has 1 amide bonds. The third kappa shape index (κ3) is 3.36. The van der Waals surface area contributed by atoms with Crippen LogP contribution in [-0.4, -0.2) is 49.7 Å². The fourth-order valence-corrected chi connectivity index (χ4v) is 3.72. The second-order valence-electron chi connectivity index (χ2n) is 3.87. The molecular weight excluding hydrogens is 402 g/mol. The highest BCUT2D eigenvalue weighted by Crippen LogP contribution is 2.33. The molecule has 5 nitrogen and oxygen atoms in total. The lowest BCUT2D eigenvalue weighted by Gasteiger charge is -2.31. The molecule has 19 heavy (non-hydrogen) atoms. The van der Waals surface area contributed by atoms with Crippen molar-refractivity contribution in [2.75, 3.05) is 26.8 Å². The monoisotopic (exact) mass is 411 g/mol. The summed E-state index contributed by atoms with van der Waals surface area (Å²) in [7, 11) is 1.31. The molecule has 1 atom stereocenters. The Kier molecular flexibility index (Phi) is 4.99. The van der Waals surface area contributed by atoms with Crippen molar-refractivity contribution in [1.82, 2.24) is 4.90 Å². The normalized spacial score (nSPS) is 19.3. The molecular formula is C11H11Br2NO4S. The van der Waals surface area contributed by atoms with Crippen LogP contribution < -0.4 is 0 Å². The maximum Gasteiger partial charge on any atom is 0.336 e. The first-order valence-electron chi connectivity index (χ1n) is 5.46. The summed E-state index contributed by atoms with van der Waals surface area (Å²) in [4.78, 5) is 26.0. The zero-order chi connectivity index (χ0) is 14.0. The van der Waals surface area contributed by atoms with Crippen LogP contribution in [0.1, 0.15) is 9.67 Å². The number of methoxy groups -OCH3 is 1. The third-order valence-corrected chi connectivity index (χ3v) is 5.92. The molecule has 1 aromatic heterocycles. The van der Waals surface area contributed by atoms with Gasteiger partial charge in [-0.1, -0.05) is 0 Å². The minimum atomic E-state index is -0.699. The first-order chi connectivity index (χ1) is 9.02. The Morgan fingerprint density at radius 1 is 1.53 bits per heavy atom. The average molecular weight is 413 g/mol. The van der Waals surface area contributed by atoms with E-state index in [0.717, 1.165) is 8.26 Å². The van der Waals surface area contributed by atoms with E-state index in [1.165, 1.54) is 18.4 Å². The Morgan fingerprint density at radius 3 is 2.84 bits per heavy atom. The van der Waals surface area contributed by atoms with Gasteiger partial charge in [-0.15, -0.1) is 11.3 Å². The molecule has 104 valence electrons. The quantitative estimate of drug-likeness (QED) is 0.699. The summed E-state index contributed by atoms with van der Waals surface area (Å²) in [5.74, 6) is -0.556. The van der Waals surface area contributed by atoms with Crippen molar-refractivity contribution in [2.45, 2.75) is 6.10 Å². The Morgan fingerprint density at radius 2 is 2.26 bits per heavy atom. The van der Waals surface area contributed by atoms with E-state index in [0.29, 0.717) is 18.0 Å². The van der Waals surface area contributed by atoms with Crippen molar-refractivity contribution in [2.24, 2.45) is 0 Å². The second kappa shape index (κ2) is 6.34. The summed E-state index contributed by atoms with van der Waals surface area (Å²) >= 11 is 8.06. The van der Waals surface area contributed by atoms with Crippen LogP contribution in [0, 0.1) is 0 Å². The number of hydrogen-bond acceptors (Lipinski definition) is 5. The molecule has 0 bridgehead atoms. The fourth-order valence-electron chi connectivity index (χ4n) is 1.72. The van der Waals surface area contributed by atoms with Crippen molar-refractivity contribution < 1.29 is 19.1 Å². The predicted octanol–water partition coefficient (Wildman–Crippen LogP) is 2.29. The molecule has 0 aromatic carbocycles. The Bertz CT molecular complexity index is 485. The van der Waals surface area contributed by atoms with Gasteiger partial charge in [0.2, 0.25) is 0 Å². The minimum Gasteiger partial charge on any atom is -0.467 e. The number of nitrogens with zero attached hydrogens (tertiary/aromatic N) is 1. The van der Waals surface area contributed by atoms with Crippen molar-refractivity contribution in [3.8, 4) is 0 Å². The van der Waals surface area contributed by atoms with Gasteiger partial charge in [-0.2, -0.15) is 0 Å². The topological polar surface area (TPSA) is 55.8 Å². The Hall–Kier alpha value is -0.440. The van der Waals surface area contributed by atoms with Crippen molar-refractivity contribution in [1.29, 1.82) is 0 Å². The number of ether oxygens (including phenoxy) is 2. The zero-order valence-corrected chi connectivity index (χ0v) is 14.0. The van der Waals surface area contributed by atoms with Crippen LogP contribution in [0.5, 0.6) is 0 Å². The molecule has 1 unspecified atom stereocenters. The maximum atomic E-state index is 12.3. The number of rotatable bonds is 2. The van der Waals surface area contributed by atoms with E-state index in [-0.39, 0.29) is 12.5 Å². The molecule has 1 aliphatic rings. The molecule has 8 heteroatoms. The van der Waals surface area contributed by atoms with E-state index < -0.39 is 12.1 Å². The molecule has 1 saturated heterocycles. The van der Waals surface area contributed by atoms with Gasteiger partial charge in [0, 0.05) is 11.0 Å². The SMILES string of the molecule is COC(=O)C1CN(C(=O)c2cc(Br)c(Br)s2)CCO1. The largest absolute Gasteiger partial charge is 0.467 e. The van der Waals surface area contributed by atoms with Gasteiger partial charge in [0.05, 0.1) is 28.9 Å². The third-order valence-electron chi connectivity index (χ3n) is 2.67. The fraction of sp³-hybridized carbons (Fsp3) is 0.455. The predicted molar refractivity (Wildman–Crippen MR) is 77.4 cm³/mol. The number of halogens is 2. The lowest BCUT2D eigenvalue weighted by molar-refractivity contribution is -0.158. The smallest absolute Gasteiger partial charge is 0.336 e. The standard InChI is InChI=1S/C11H11Br2NO4S/c1-17-11(16)7-5-14(2-3-18-7)10(15)8-4-6(12)9(13)19-8/h4,7H,2-3,5H2,1H3. The van der Waals surface area contributed by atoms with Gasteiger partial charge >= 0.3 is 5.97 Å². The number of amides is 1. The average Bonchev–Trinajstić information content (AvgIpc) is 2.77. The van der Waals surface area contributed by atoms with Gasteiger partial charge in [-0.3, -0.25) is 4.79 Å². The number of carbonyl (C=O) groups is 2. The van der Waals surface area contributed by atoms with Crippen molar-refractivity contribution in [3.63, 3.8) is 0 Å². The van der Waals surface area contributed by atoms with Crippen molar-refractivity contribution >= 4 is 55.1 Å². The summed E-state index contributed by atoms with van der Waals surface area (Å²) in [6.45, 7) is 1.03. The molecule has 1 fully saturated rings. The molecule has 0 N–H and O–H groups in total. The van der Waals surface area contributed by atoms with E-state index in [9.17, 15) is 9.59 Å². The van der Waals surface area contributed by atoms with Crippen LogP contribution in [0.25, 0.3) is 0 Å². The van der Waals surface area contributed by atoms with Crippen LogP contribution in [0.3, 0.4) is 0 Å². The van der Waals surface area contributed by atoms with E-state index in [4.69, 9.17) is 4.74 Å². The number of esters is 1. The molecule has 0 radical (unpaired) electrons. The zero-order valence-electron chi connectivity index (χ0n) is 10.0. The van der Waals surface area contributed by atoms with Gasteiger partial charge in [0.1, 0.15) is 0 Å². The molecule has 0 saturated carbocycles. The summed E-state index contributed by atoms with van der Waals surface area (Å²) in [5.41, 5.74) is 0. The molecule has 2 heterocycles. The van der Waals surface area contributed by atoms with Crippen LogP contribution in [0.2, 0.25) is 0 Å². The highest BCUT2D eigenvalue weighted by atomic mass is 79.9. The number of thiophene rings is 1. The van der Waals surface area contributed by atoms with Crippen LogP contribution >= 0.6 is 43.2 Å². The molecule has 1 aliphatic heterocycles. The summed E-state index contributed by atoms with van der Waals surface area (Å²) in [6, 6.07) is 1.76. The number of hydrogen-bond donors (Lipinski definition) is 0. The highest BCUT2D eigenvalue weighted by Gasteiger charge is 2.31. The van der Waals surface area contributed by atoms with E-state index >= 15 is 0 Å². The molecule has 0 spiro atoms. The summed E-state index contributed by atoms with van der Waals surface area (Å²) < 4.78 is 11.6. The first-order valence-corrected chi connectivity index (χ1v) is 7.86. The second-order valence-corrected chi connectivity index (χ2v) is 7.09. The highest BCUT2D eigenvalue weighted by molar-refractivity contribution is 9.13. The van der Waals surface area contributed by atoms with Gasteiger partial charge in [-0.05, 0) is 37.9 Å². The Balaban J connectivity index is 2.09. The maximum absolute atomic E-state index is 12.3. The van der Waals surface area contributed by atoms with Crippen molar-refractivity contribution in [3.05, 3.63) is 19.2 Å². The van der Waals surface area contributed by atoms with Crippen LogP contribution in [0.4, 0.5) is 0 Å². The summed E-state index contributed by atoms with van der Waals surface area (Å²) in [6.07, 6.45) is -0.699. The minimum absolute atomic E-state index is 0.103. The number of morpholine rings is 1. The summed E-state index contributed by atoms with van der Waals surface area (Å²) in [5, 5.41) is 0. The first kappa shape index (κ1) is 15.0. The lowest BCUT2D eigenvalue weighted by atomic mass is 10.2. The molecule has 2 rings (SSSR count). The molecule has 1 aromatic rings.